The van der Waals surface area contributed by atoms with Gasteiger partial charge in [0.15, 0.2) is 5.13 Å². The molecule has 0 atom stereocenters. The van der Waals surface area contributed by atoms with Crippen molar-refractivity contribution < 1.29 is 19.4 Å². The van der Waals surface area contributed by atoms with Gasteiger partial charge >= 0.3 is 12.1 Å². The number of rotatable bonds is 3. The SMILES string of the molecule is Cc1nc(NC(=O)OC(C)(C)C)sc1/C=C/C(=O)O. The Labute approximate surface area is 115 Å². The van der Waals surface area contributed by atoms with Gasteiger partial charge < -0.3 is 9.84 Å². The van der Waals surface area contributed by atoms with Crippen LogP contribution in [0.4, 0.5) is 9.93 Å². The van der Waals surface area contributed by atoms with Crippen molar-refractivity contribution in [2.75, 3.05) is 5.32 Å². The number of carbonyl (C=O) groups is 2. The number of nitrogens with zero attached hydrogens (tertiary/aromatic N) is 1. The van der Waals surface area contributed by atoms with Crippen molar-refractivity contribution >= 4 is 34.6 Å². The van der Waals surface area contributed by atoms with Crippen LogP contribution < -0.4 is 5.32 Å². The van der Waals surface area contributed by atoms with Crippen molar-refractivity contribution in [1.82, 2.24) is 4.98 Å². The fraction of sp³-hybridized carbons (Fsp3) is 0.417. The molecular formula is C12H16N2O4S. The molecule has 0 fully saturated rings. The van der Waals surface area contributed by atoms with Gasteiger partial charge in [-0.2, -0.15) is 0 Å². The first-order chi connectivity index (χ1) is 8.67. The van der Waals surface area contributed by atoms with Crippen LogP contribution in [-0.2, 0) is 9.53 Å². The second-order valence-corrected chi connectivity index (χ2v) is 5.80. The predicted molar refractivity (Wildman–Crippen MR) is 73.4 cm³/mol. The molecule has 0 unspecified atom stereocenters. The number of thiazole rings is 1. The molecule has 0 radical (unpaired) electrons. The minimum absolute atomic E-state index is 0.372. The Morgan fingerprint density at radius 1 is 1.42 bits per heavy atom. The van der Waals surface area contributed by atoms with E-state index < -0.39 is 17.7 Å². The van der Waals surface area contributed by atoms with Gasteiger partial charge in [-0.15, -0.1) is 0 Å². The van der Waals surface area contributed by atoms with Crippen LogP contribution in [-0.4, -0.2) is 27.8 Å². The number of hydrogen-bond donors (Lipinski definition) is 2. The van der Waals surface area contributed by atoms with Crippen molar-refractivity contribution in [3.05, 3.63) is 16.6 Å². The van der Waals surface area contributed by atoms with E-state index in [4.69, 9.17) is 9.84 Å². The van der Waals surface area contributed by atoms with Gasteiger partial charge in [0.1, 0.15) is 5.60 Å². The molecule has 0 saturated carbocycles. The number of aromatic nitrogens is 1. The summed E-state index contributed by atoms with van der Waals surface area (Å²) in [6.45, 7) is 7.03. The minimum atomic E-state index is -1.03. The van der Waals surface area contributed by atoms with E-state index in [0.29, 0.717) is 15.7 Å². The molecule has 0 saturated heterocycles. The van der Waals surface area contributed by atoms with E-state index in [1.807, 2.05) is 0 Å². The zero-order valence-corrected chi connectivity index (χ0v) is 12.0. The molecule has 2 N–H and O–H groups in total. The first-order valence-corrected chi connectivity index (χ1v) is 6.37. The Bertz CT molecular complexity index is 514. The van der Waals surface area contributed by atoms with Crippen molar-refractivity contribution in [3.8, 4) is 0 Å². The van der Waals surface area contributed by atoms with E-state index in [0.717, 1.165) is 6.08 Å². The molecule has 7 heteroatoms. The molecule has 0 aliphatic heterocycles. The fourth-order valence-corrected chi connectivity index (χ4v) is 2.01. The fourth-order valence-electron chi connectivity index (χ4n) is 1.15. The Balaban J connectivity index is 2.74. The van der Waals surface area contributed by atoms with Crippen molar-refractivity contribution in [2.24, 2.45) is 0 Å². The van der Waals surface area contributed by atoms with Crippen molar-refractivity contribution in [1.29, 1.82) is 0 Å². The molecule has 0 aromatic carbocycles. The molecule has 1 heterocycles. The maximum atomic E-state index is 11.5. The highest BCUT2D eigenvalue weighted by atomic mass is 32.1. The molecule has 0 spiro atoms. The van der Waals surface area contributed by atoms with Crippen LogP contribution in [0.1, 0.15) is 31.3 Å². The van der Waals surface area contributed by atoms with Gasteiger partial charge in [-0.05, 0) is 33.8 Å². The molecule has 1 amide bonds. The summed E-state index contributed by atoms with van der Waals surface area (Å²) in [5.41, 5.74) is 0.0659. The number of aliphatic carboxylic acids is 1. The lowest BCUT2D eigenvalue weighted by atomic mass is 10.2. The highest BCUT2D eigenvalue weighted by Crippen LogP contribution is 2.24. The second kappa shape index (κ2) is 5.83. The van der Waals surface area contributed by atoms with E-state index in [1.165, 1.54) is 17.4 Å². The van der Waals surface area contributed by atoms with E-state index >= 15 is 0 Å². The Kier molecular flexibility index (Phi) is 4.66. The van der Waals surface area contributed by atoms with Crippen LogP contribution in [0.2, 0.25) is 0 Å². The van der Waals surface area contributed by atoms with Crippen LogP contribution >= 0.6 is 11.3 Å². The summed E-state index contributed by atoms with van der Waals surface area (Å²) in [7, 11) is 0. The minimum Gasteiger partial charge on any atom is -0.478 e. The molecule has 1 aromatic rings. The normalized spacial score (nSPS) is 11.6. The van der Waals surface area contributed by atoms with Gasteiger partial charge in [0, 0.05) is 6.08 Å². The highest BCUT2D eigenvalue weighted by Gasteiger charge is 2.17. The van der Waals surface area contributed by atoms with Gasteiger partial charge in [-0.1, -0.05) is 11.3 Å². The summed E-state index contributed by atoms with van der Waals surface area (Å²) in [6.07, 6.45) is 1.88. The third-order valence-corrected chi connectivity index (χ3v) is 2.86. The quantitative estimate of drug-likeness (QED) is 0.833. The maximum Gasteiger partial charge on any atom is 0.413 e. The molecule has 0 bridgehead atoms. The first kappa shape index (κ1) is 15.2. The predicted octanol–water partition coefficient (Wildman–Crippen LogP) is 2.90. The highest BCUT2D eigenvalue weighted by molar-refractivity contribution is 7.16. The summed E-state index contributed by atoms with van der Waals surface area (Å²) in [6, 6.07) is 0. The Morgan fingerprint density at radius 3 is 2.58 bits per heavy atom. The summed E-state index contributed by atoms with van der Waals surface area (Å²) < 4.78 is 5.09. The average Bonchev–Trinajstić information content (AvgIpc) is 2.52. The van der Waals surface area contributed by atoms with Gasteiger partial charge in [0.25, 0.3) is 0 Å². The third-order valence-electron chi connectivity index (χ3n) is 1.82. The number of hydrogen-bond acceptors (Lipinski definition) is 5. The van der Waals surface area contributed by atoms with Gasteiger partial charge in [0.2, 0.25) is 0 Å². The number of carboxylic acid groups (broad SMARTS) is 1. The largest absolute Gasteiger partial charge is 0.478 e. The lowest BCUT2D eigenvalue weighted by Gasteiger charge is -2.18. The van der Waals surface area contributed by atoms with Crippen molar-refractivity contribution in [2.45, 2.75) is 33.3 Å². The molecule has 104 valence electrons. The maximum absolute atomic E-state index is 11.5. The number of aryl methyl sites for hydroxylation is 1. The zero-order valence-electron chi connectivity index (χ0n) is 11.2. The number of ether oxygens (including phenoxy) is 1. The summed E-state index contributed by atoms with van der Waals surface area (Å²) in [5, 5.41) is 11.4. The smallest absolute Gasteiger partial charge is 0.413 e. The average molecular weight is 284 g/mol. The molecule has 6 nitrogen and oxygen atoms in total. The third kappa shape index (κ3) is 5.52. The molecule has 0 aliphatic rings. The van der Waals surface area contributed by atoms with Gasteiger partial charge in [0.05, 0.1) is 10.6 Å². The van der Waals surface area contributed by atoms with Gasteiger partial charge in [-0.3, -0.25) is 5.32 Å². The first-order valence-electron chi connectivity index (χ1n) is 5.56. The number of nitrogens with one attached hydrogen (secondary N) is 1. The zero-order chi connectivity index (χ0) is 14.6. The molecule has 19 heavy (non-hydrogen) atoms. The van der Waals surface area contributed by atoms with Gasteiger partial charge in [-0.25, -0.2) is 14.6 Å². The molecular weight excluding hydrogens is 268 g/mol. The number of carbonyl (C=O) groups excluding carboxylic acids is 1. The van der Waals surface area contributed by atoms with Crippen LogP contribution in [0.3, 0.4) is 0 Å². The Morgan fingerprint density at radius 2 is 2.05 bits per heavy atom. The standard InChI is InChI=1S/C12H16N2O4S/c1-7-8(5-6-9(15)16)19-10(13-7)14-11(17)18-12(2,3)4/h5-6H,1-4H3,(H,15,16)(H,13,14,17)/b6-5+. The van der Waals surface area contributed by atoms with Crippen LogP contribution in [0, 0.1) is 6.92 Å². The number of amides is 1. The van der Waals surface area contributed by atoms with E-state index in [1.54, 1.807) is 27.7 Å². The van der Waals surface area contributed by atoms with Crippen LogP contribution in [0.5, 0.6) is 0 Å². The van der Waals surface area contributed by atoms with E-state index in [9.17, 15) is 9.59 Å². The van der Waals surface area contributed by atoms with Crippen molar-refractivity contribution in [3.63, 3.8) is 0 Å². The van der Waals surface area contributed by atoms with Crippen LogP contribution in [0.15, 0.2) is 6.08 Å². The summed E-state index contributed by atoms with van der Waals surface area (Å²) >= 11 is 1.18. The van der Waals surface area contributed by atoms with E-state index in [2.05, 4.69) is 10.3 Å². The number of carboxylic acids is 1. The number of anilines is 1. The lowest BCUT2D eigenvalue weighted by molar-refractivity contribution is -0.131. The Hall–Kier alpha value is -1.89. The van der Waals surface area contributed by atoms with Crippen LogP contribution in [0.25, 0.3) is 6.08 Å². The summed E-state index contributed by atoms with van der Waals surface area (Å²) in [4.78, 5) is 26.8. The monoisotopic (exact) mass is 284 g/mol. The topological polar surface area (TPSA) is 88.5 Å². The molecule has 1 rings (SSSR count). The molecule has 1 aromatic heterocycles. The molecule has 0 aliphatic carbocycles. The lowest BCUT2D eigenvalue weighted by Crippen LogP contribution is -2.27. The second-order valence-electron chi connectivity index (χ2n) is 4.77. The summed E-state index contributed by atoms with van der Waals surface area (Å²) in [5.74, 6) is -1.03. The van der Waals surface area contributed by atoms with E-state index in [-0.39, 0.29) is 0 Å².